The van der Waals surface area contributed by atoms with E-state index in [1.807, 2.05) is 0 Å². The lowest BCUT2D eigenvalue weighted by atomic mass is 9.85. The Bertz CT molecular complexity index is 528. The highest BCUT2D eigenvalue weighted by Crippen LogP contribution is 2.58. The standard InChI is InChI=1S/C9H14FN2O5PS/c1-8(18(13,16-2)17-3)9(6-11,7-12)4-5-19(10,14)15/h8H,4-5H2,1-3H3. The Labute approximate surface area is 111 Å². The average Bonchev–Trinajstić information content (AvgIpc) is 2.38. The van der Waals surface area contributed by atoms with Gasteiger partial charge in [0.25, 0.3) is 0 Å². The van der Waals surface area contributed by atoms with Gasteiger partial charge in [-0.2, -0.15) is 18.9 Å². The molecule has 0 spiro atoms. The van der Waals surface area contributed by atoms with Crippen LogP contribution in [0.15, 0.2) is 0 Å². The molecule has 0 fully saturated rings. The maximum absolute atomic E-state index is 12.5. The summed E-state index contributed by atoms with van der Waals surface area (Å²) in [6.45, 7) is 1.26. The Morgan fingerprint density at radius 1 is 1.32 bits per heavy atom. The van der Waals surface area contributed by atoms with Crippen molar-refractivity contribution in [2.24, 2.45) is 5.41 Å². The van der Waals surface area contributed by atoms with Crippen LogP contribution in [0.3, 0.4) is 0 Å². The van der Waals surface area contributed by atoms with Crippen LogP contribution in [0.5, 0.6) is 0 Å². The summed E-state index contributed by atoms with van der Waals surface area (Å²) in [5.41, 5.74) is -3.22. The summed E-state index contributed by atoms with van der Waals surface area (Å²) in [5, 5.41) is 18.2. The summed E-state index contributed by atoms with van der Waals surface area (Å²) in [6, 6.07) is 3.17. The summed E-state index contributed by atoms with van der Waals surface area (Å²) in [7, 11) is -6.46. The van der Waals surface area contributed by atoms with Gasteiger partial charge in [0, 0.05) is 14.2 Å². The van der Waals surface area contributed by atoms with Crippen LogP contribution in [-0.2, 0) is 23.8 Å². The first-order chi connectivity index (χ1) is 8.60. The van der Waals surface area contributed by atoms with Gasteiger partial charge in [-0.1, -0.05) is 0 Å². The molecule has 7 nitrogen and oxygen atoms in total. The summed E-state index contributed by atoms with van der Waals surface area (Å²) >= 11 is 0. The van der Waals surface area contributed by atoms with E-state index < -0.39 is 41.1 Å². The molecule has 1 atom stereocenters. The highest BCUT2D eigenvalue weighted by atomic mass is 32.3. The van der Waals surface area contributed by atoms with Crippen molar-refractivity contribution in [3.8, 4) is 12.1 Å². The predicted octanol–water partition coefficient (Wildman–Crippen LogP) is 1.58. The first kappa shape index (κ1) is 18.0. The molecule has 0 aromatic heterocycles. The Morgan fingerprint density at radius 2 is 1.74 bits per heavy atom. The second-order valence-electron chi connectivity index (χ2n) is 3.77. The van der Waals surface area contributed by atoms with Crippen molar-refractivity contribution < 1.29 is 25.9 Å². The van der Waals surface area contributed by atoms with Crippen molar-refractivity contribution in [3.05, 3.63) is 0 Å². The Kier molecular flexibility index (Phi) is 6.11. The fraction of sp³-hybridized carbons (Fsp3) is 0.778. The third-order valence-electron chi connectivity index (χ3n) is 2.84. The first-order valence-corrected chi connectivity index (χ1v) is 8.23. The van der Waals surface area contributed by atoms with Crippen LogP contribution in [0.25, 0.3) is 0 Å². The minimum atomic E-state index is -4.84. The van der Waals surface area contributed by atoms with E-state index in [4.69, 9.17) is 10.5 Å². The smallest absolute Gasteiger partial charge is 0.312 e. The van der Waals surface area contributed by atoms with E-state index in [9.17, 15) is 16.9 Å². The van der Waals surface area contributed by atoms with Gasteiger partial charge in [0.1, 0.15) is 0 Å². The fourth-order valence-electron chi connectivity index (χ4n) is 1.48. The van der Waals surface area contributed by atoms with Crippen molar-refractivity contribution in [3.63, 3.8) is 0 Å². The molecule has 0 heterocycles. The Hall–Kier alpha value is -0.990. The van der Waals surface area contributed by atoms with Crippen molar-refractivity contribution in [1.82, 2.24) is 0 Å². The van der Waals surface area contributed by atoms with Gasteiger partial charge in [0.2, 0.25) is 0 Å². The molecular weight excluding hydrogens is 298 g/mol. The lowest BCUT2D eigenvalue weighted by Gasteiger charge is -2.29. The number of nitriles is 2. The Morgan fingerprint density at radius 3 is 2.00 bits per heavy atom. The zero-order valence-electron chi connectivity index (χ0n) is 10.7. The van der Waals surface area contributed by atoms with Crippen molar-refractivity contribution >= 4 is 17.8 Å². The van der Waals surface area contributed by atoms with Crippen LogP contribution in [0.2, 0.25) is 0 Å². The van der Waals surface area contributed by atoms with E-state index in [-0.39, 0.29) is 0 Å². The van der Waals surface area contributed by atoms with Gasteiger partial charge in [-0.3, -0.25) is 4.57 Å². The number of rotatable bonds is 7. The van der Waals surface area contributed by atoms with Crippen molar-refractivity contribution in [2.75, 3.05) is 20.0 Å². The molecule has 0 saturated carbocycles. The first-order valence-electron chi connectivity index (χ1n) is 5.07. The van der Waals surface area contributed by atoms with Gasteiger partial charge in [0.05, 0.1) is 23.6 Å². The molecule has 0 radical (unpaired) electrons. The third-order valence-corrected chi connectivity index (χ3v) is 5.93. The van der Waals surface area contributed by atoms with E-state index >= 15 is 0 Å². The molecule has 0 aliphatic heterocycles. The van der Waals surface area contributed by atoms with Gasteiger partial charge in [-0.15, -0.1) is 3.89 Å². The molecule has 108 valence electrons. The molecule has 0 saturated heterocycles. The fourth-order valence-corrected chi connectivity index (χ4v) is 3.61. The maximum atomic E-state index is 12.5. The van der Waals surface area contributed by atoms with Crippen LogP contribution in [0.1, 0.15) is 13.3 Å². The molecule has 0 N–H and O–H groups in total. The van der Waals surface area contributed by atoms with E-state index in [0.29, 0.717) is 0 Å². The van der Waals surface area contributed by atoms with E-state index in [1.165, 1.54) is 6.92 Å². The van der Waals surface area contributed by atoms with Crippen LogP contribution < -0.4 is 0 Å². The Balaban J connectivity index is 5.51. The zero-order chi connectivity index (χ0) is 15.3. The lowest BCUT2D eigenvalue weighted by molar-refractivity contribution is 0.251. The van der Waals surface area contributed by atoms with Crippen molar-refractivity contribution in [1.29, 1.82) is 10.5 Å². The molecule has 0 aromatic carbocycles. The highest BCUT2D eigenvalue weighted by molar-refractivity contribution is 7.86. The number of halogens is 1. The molecule has 1 unspecified atom stereocenters. The van der Waals surface area contributed by atoms with E-state index in [1.54, 1.807) is 12.1 Å². The molecular formula is C9H14FN2O5PS. The lowest BCUT2D eigenvalue weighted by Crippen LogP contribution is -2.33. The zero-order valence-corrected chi connectivity index (χ0v) is 12.4. The molecule has 0 rings (SSSR count). The predicted molar refractivity (Wildman–Crippen MR) is 64.3 cm³/mol. The van der Waals surface area contributed by atoms with Gasteiger partial charge >= 0.3 is 17.8 Å². The summed E-state index contributed by atoms with van der Waals surface area (Å²) < 4.78 is 55.1. The van der Waals surface area contributed by atoms with Gasteiger partial charge in [0.15, 0.2) is 5.41 Å². The van der Waals surface area contributed by atoms with Gasteiger partial charge < -0.3 is 9.05 Å². The van der Waals surface area contributed by atoms with E-state index in [2.05, 4.69) is 9.05 Å². The number of nitrogens with zero attached hydrogens (tertiary/aromatic N) is 2. The van der Waals surface area contributed by atoms with Crippen LogP contribution in [0, 0.1) is 28.1 Å². The minimum Gasteiger partial charge on any atom is -0.312 e. The summed E-state index contributed by atoms with van der Waals surface area (Å²) in [5.74, 6) is -1.02. The third kappa shape index (κ3) is 4.26. The average molecular weight is 312 g/mol. The quantitative estimate of drug-likeness (QED) is 0.517. The van der Waals surface area contributed by atoms with E-state index in [0.717, 1.165) is 14.2 Å². The molecule has 0 bridgehead atoms. The maximum Gasteiger partial charge on any atom is 0.335 e. The van der Waals surface area contributed by atoms with Crippen LogP contribution in [-0.4, -0.2) is 34.0 Å². The van der Waals surface area contributed by atoms with Crippen molar-refractivity contribution in [2.45, 2.75) is 19.0 Å². The molecule has 0 aromatic rings. The molecule has 0 aliphatic carbocycles. The SMILES string of the molecule is COP(=O)(OC)C(C)C(C#N)(C#N)CCS(=O)(=O)F. The largest absolute Gasteiger partial charge is 0.335 e. The molecule has 10 heteroatoms. The molecule has 19 heavy (non-hydrogen) atoms. The molecule has 0 amide bonds. The second-order valence-corrected chi connectivity index (χ2v) is 7.84. The normalized spacial score (nSPS) is 14.4. The van der Waals surface area contributed by atoms with Crippen LogP contribution in [0.4, 0.5) is 3.89 Å². The number of hydrogen-bond acceptors (Lipinski definition) is 7. The monoisotopic (exact) mass is 312 g/mol. The van der Waals surface area contributed by atoms with Gasteiger partial charge in [-0.25, -0.2) is 0 Å². The number of hydrogen-bond donors (Lipinski definition) is 0. The topological polar surface area (TPSA) is 117 Å². The summed E-state index contributed by atoms with van der Waals surface area (Å²) in [6.07, 6.45) is -0.628. The minimum absolute atomic E-state index is 0.628. The second kappa shape index (κ2) is 6.44. The van der Waals surface area contributed by atoms with Gasteiger partial charge in [-0.05, 0) is 13.3 Å². The summed E-state index contributed by atoms with van der Waals surface area (Å²) in [4.78, 5) is 0. The molecule has 0 aliphatic rings. The highest BCUT2D eigenvalue weighted by Gasteiger charge is 2.49. The van der Waals surface area contributed by atoms with Crippen LogP contribution >= 0.6 is 7.60 Å².